The molecule has 0 saturated heterocycles. The van der Waals surface area contributed by atoms with Gasteiger partial charge in [0.2, 0.25) is 5.82 Å². The molecule has 1 N–H and O–H groups in total. The van der Waals surface area contributed by atoms with Crippen LogP contribution in [0.3, 0.4) is 0 Å². The molecular formula is C24H24N9O3-. The number of methoxy groups -OCH3 is 1. The Bertz CT molecular complexity index is 1520. The minimum Gasteiger partial charge on any atom is -0.491 e. The highest BCUT2D eigenvalue weighted by Crippen LogP contribution is 2.25. The Morgan fingerprint density at radius 2 is 2.03 bits per heavy atom. The maximum absolute atomic E-state index is 8.34. The highest BCUT2D eigenvalue weighted by Gasteiger charge is 2.15. The Labute approximate surface area is 206 Å². The average molecular weight is 487 g/mol. The summed E-state index contributed by atoms with van der Waals surface area (Å²) in [5.41, 5.74) is 10.5. The number of rotatable bonds is 9. The molecule has 0 radical (unpaired) electrons. The molecule has 12 heteroatoms. The van der Waals surface area contributed by atoms with Gasteiger partial charge in [-0.3, -0.25) is 9.20 Å². The van der Waals surface area contributed by atoms with Crippen LogP contribution < -0.4 is 9.64 Å². The van der Waals surface area contributed by atoms with Gasteiger partial charge < -0.3 is 34.1 Å². The first kappa shape index (κ1) is 22.0. The van der Waals surface area contributed by atoms with E-state index in [2.05, 4.69) is 36.0 Å². The van der Waals surface area contributed by atoms with E-state index >= 15 is 0 Å². The summed E-state index contributed by atoms with van der Waals surface area (Å²) in [7, 11) is 1.66. The second kappa shape index (κ2) is 9.30. The van der Waals surface area contributed by atoms with Crippen LogP contribution in [0.25, 0.3) is 34.0 Å². The molecule has 0 aliphatic carbocycles. The van der Waals surface area contributed by atoms with Crippen molar-refractivity contribution in [1.82, 2.24) is 29.4 Å². The predicted octanol–water partition coefficient (Wildman–Crippen LogP) is 2.88. The molecule has 184 valence electrons. The van der Waals surface area contributed by atoms with Gasteiger partial charge in [-0.05, 0) is 30.0 Å². The fraction of sp³-hybridized carbons (Fsp3) is 0.292. The van der Waals surface area contributed by atoms with E-state index in [4.69, 9.17) is 19.6 Å². The second-order valence-corrected chi connectivity index (χ2v) is 8.26. The summed E-state index contributed by atoms with van der Waals surface area (Å²) in [5, 5.41) is 9.62. The third kappa shape index (κ3) is 4.11. The second-order valence-electron chi connectivity index (χ2n) is 8.26. The molecule has 12 nitrogen and oxygen atoms in total. The standard InChI is InChI=1S/C24H24N9O3/c1-34-13-14-35-18-6-4-17(5-7-18)31-10-8-30(16-31)9-11-32-22-19(15-26-32)23-27-21(20-3-2-12-36-20)29-33(23)24(25)28-22/h2-7,12,15H,8-11,13-14H2,1H3,(H-,25,28)/q-1. The number of benzene rings is 1. The van der Waals surface area contributed by atoms with E-state index in [1.54, 1.807) is 36.4 Å². The molecule has 0 unspecified atom stereocenters. The van der Waals surface area contributed by atoms with E-state index in [9.17, 15) is 0 Å². The maximum atomic E-state index is 8.34. The van der Waals surface area contributed by atoms with Crippen molar-refractivity contribution in [1.29, 1.82) is 0 Å². The summed E-state index contributed by atoms with van der Waals surface area (Å²) >= 11 is 0. The van der Waals surface area contributed by atoms with E-state index < -0.39 is 0 Å². The molecule has 5 heterocycles. The fourth-order valence-corrected chi connectivity index (χ4v) is 4.13. The van der Waals surface area contributed by atoms with Gasteiger partial charge in [0.1, 0.15) is 30.9 Å². The SMILES string of the molecule is COCCOc1ccc(N2[C-]=[N+](CCn3ncc4c3nc([NH-])n3nc(-c5ccco5)nc43)CC2)cc1. The van der Waals surface area contributed by atoms with Gasteiger partial charge in [0.15, 0.2) is 5.76 Å². The van der Waals surface area contributed by atoms with Gasteiger partial charge in [0.05, 0.1) is 49.7 Å². The Morgan fingerprint density at radius 3 is 2.83 bits per heavy atom. The van der Waals surface area contributed by atoms with Crippen LogP contribution in [0.4, 0.5) is 11.6 Å². The van der Waals surface area contributed by atoms with Crippen LogP contribution in [0.2, 0.25) is 0 Å². The number of hydrogen-bond acceptors (Lipinski definition) is 8. The van der Waals surface area contributed by atoms with E-state index in [-0.39, 0.29) is 5.95 Å². The predicted molar refractivity (Wildman–Crippen MR) is 132 cm³/mol. The van der Waals surface area contributed by atoms with E-state index in [0.717, 1.165) is 29.9 Å². The number of nitrogens with zero attached hydrogens (tertiary/aromatic N) is 8. The first-order chi connectivity index (χ1) is 17.7. The van der Waals surface area contributed by atoms with Crippen molar-refractivity contribution < 1.29 is 18.5 Å². The van der Waals surface area contributed by atoms with E-state index in [1.165, 1.54) is 4.52 Å². The lowest BCUT2D eigenvalue weighted by atomic mass is 10.3. The van der Waals surface area contributed by atoms with Gasteiger partial charge in [0.25, 0.3) is 0 Å². The number of nitrogens with one attached hydrogen (secondary N) is 1. The van der Waals surface area contributed by atoms with Crippen LogP contribution in [0.5, 0.6) is 5.75 Å². The molecule has 1 aliphatic heterocycles. The average Bonchev–Trinajstić information content (AvgIpc) is 3.69. The number of fused-ring (bicyclic) bond motifs is 3. The maximum Gasteiger partial charge on any atom is 0.202 e. The Balaban J connectivity index is 1.16. The summed E-state index contributed by atoms with van der Waals surface area (Å²) in [6.07, 6.45) is 6.71. The lowest BCUT2D eigenvalue weighted by Gasteiger charge is -2.17. The van der Waals surface area contributed by atoms with Crippen LogP contribution in [0.15, 0.2) is 53.3 Å². The number of aromatic nitrogens is 6. The lowest BCUT2D eigenvalue weighted by Crippen LogP contribution is -2.18. The highest BCUT2D eigenvalue weighted by molar-refractivity contribution is 5.90. The molecule has 0 amide bonds. The zero-order valence-electron chi connectivity index (χ0n) is 19.7. The largest absolute Gasteiger partial charge is 0.491 e. The first-order valence-corrected chi connectivity index (χ1v) is 11.6. The van der Waals surface area contributed by atoms with Gasteiger partial charge in [-0.1, -0.05) is 12.1 Å². The molecule has 1 aliphatic rings. The van der Waals surface area contributed by atoms with Crippen molar-refractivity contribution in [2.24, 2.45) is 0 Å². The Morgan fingerprint density at radius 1 is 1.14 bits per heavy atom. The smallest absolute Gasteiger partial charge is 0.202 e. The van der Waals surface area contributed by atoms with Gasteiger partial charge >= 0.3 is 0 Å². The van der Waals surface area contributed by atoms with Crippen molar-refractivity contribution in [3.63, 3.8) is 0 Å². The molecule has 0 bridgehead atoms. The van der Waals surface area contributed by atoms with Crippen molar-refractivity contribution in [2.45, 2.75) is 6.54 Å². The quantitative estimate of drug-likeness (QED) is 0.177. The van der Waals surface area contributed by atoms with Crippen molar-refractivity contribution in [2.75, 3.05) is 44.9 Å². The summed E-state index contributed by atoms with van der Waals surface area (Å²) in [4.78, 5) is 11.1. The zero-order chi connectivity index (χ0) is 24.5. The molecular weight excluding hydrogens is 462 g/mol. The van der Waals surface area contributed by atoms with Gasteiger partial charge in [-0.15, -0.1) is 0 Å². The number of furan rings is 1. The monoisotopic (exact) mass is 486 g/mol. The third-order valence-electron chi connectivity index (χ3n) is 5.96. The topological polar surface area (TPSA) is 123 Å². The Kier molecular flexibility index (Phi) is 5.70. The molecule has 0 atom stereocenters. The van der Waals surface area contributed by atoms with Crippen LogP contribution in [-0.2, 0) is 11.3 Å². The van der Waals surface area contributed by atoms with Crippen molar-refractivity contribution >= 4 is 34.7 Å². The van der Waals surface area contributed by atoms with Crippen molar-refractivity contribution in [3.8, 4) is 17.3 Å². The molecule has 36 heavy (non-hydrogen) atoms. The number of ether oxygens (including phenoxy) is 2. The van der Waals surface area contributed by atoms with Crippen LogP contribution in [0.1, 0.15) is 0 Å². The summed E-state index contributed by atoms with van der Waals surface area (Å²) < 4.78 is 21.4. The minimum atomic E-state index is -0.00956. The van der Waals surface area contributed by atoms with E-state index in [1.807, 2.05) is 24.3 Å². The highest BCUT2D eigenvalue weighted by atomic mass is 16.5. The van der Waals surface area contributed by atoms with Gasteiger partial charge in [0, 0.05) is 13.1 Å². The summed E-state index contributed by atoms with van der Waals surface area (Å²) in [6.45, 7) is 4.08. The van der Waals surface area contributed by atoms with Crippen LogP contribution in [-0.4, -0.2) is 80.2 Å². The normalized spacial score (nSPS) is 13.7. The Hall–Kier alpha value is -4.45. The number of hydrogen-bond donors (Lipinski definition) is 0. The molecule has 6 rings (SSSR count). The molecule has 4 aromatic heterocycles. The molecule has 0 saturated carbocycles. The van der Waals surface area contributed by atoms with Gasteiger partial charge in [-0.2, -0.15) is 10.2 Å². The zero-order valence-corrected chi connectivity index (χ0v) is 19.7. The fourth-order valence-electron chi connectivity index (χ4n) is 4.13. The first-order valence-electron chi connectivity index (χ1n) is 11.6. The van der Waals surface area contributed by atoms with Crippen molar-refractivity contribution in [3.05, 3.63) is 54.6 Å². The van der Waals surface area contributed by atoms with Crippen LogP contribution >= 0.6 is 0 Å². The van der Waals surface area contributed by atoms with Crippen LogP contribution in [0, 0.1) is 0 Å². The molecule has 5 aromatic rings. The third-order valence-corrected chi connectivity index (χ3v) is 5.96. The summed E-state index contributed by atoms with van der Waals surface area (Å²) in [5.74, 6) is 1.75. The van der Waals surface area contributed by atoms with E-state index in [0.29, 0.717) is 49.2 Å². The van der Waals surface area contributed by atoms with Gasteiger partial charge in [-0.25, -0.2) is 4.98 Å². The molecule has 0 spiro atoms. The molecule has 0 fully saturated rings. The molecule has 1 aromatic carbocycles. The minimum absolute atomic E-state index is 0.00956. The lowest BCUT2D eigenvalue weighted by molar-refractivity contribution is -0.515. The number of anilines is 1. The summed E-state index contributed by atoms with van der Waals surface area (Å²) in [6, 6.07) is 11.5.